The average molecular weight is 406 g/mol. The maximum atomic E-state index is 14.0. The van der Waals surface area contributed by atoms with Crippen molar-refractivity contribution in [3.8, 4) is 5.75 Å². The van der Waals surface area contributed by atoms with Gasteiger partial charge < -0.3 is 9.84 Å². The Labute approximate surface area is 173 Å². The van der Waals surface area contributed by atoms with Crippen molar-refractivity contribution >= 4 is 17.1 Å². The first kappa shape index (κ1) is 19.8. The van der Waals surface area contributed by atoms with E-state index in [-0.39, 0.29) is 17.7 Å². The first-order valence-electron chi connectivity index (χ1n) is 9.75. The van der Waals surface area contributed by atoms with Crippen LogP contribution in [0, 0.1) is 11.6 Å². The van der Waals surface area contributed by atoms with Gasteiger partial charge in [0, 0.05) is 17.2 Å². The first-order chi connectivity index (χ1) is 14.5. The van der Waals surface area contributed by atoms with Crippen LogP contribution in [-0.2, 0) is 6.61 Å². The predicted octanol–water partition coefficient (Wildman–Crippen LogP) is 6.34. The van der Waals surface area contributed by atoms with Crippen molar-refractivity contribution in [2.24, 2.45) is 0 Å². The lowest BCUT2D eigenvalue weighted by Gasteiger charge is -2.15. The van der Waals surface area contributed by atoms with Gasteiger partial charge in [-0.25, -0.2) is 13.6 Å². The number of para-hydroxylation sites is 1. The van der Waals surface area contributed by atoms with Crippen molar-refractivity contribution in [3.63, 3.8) is 0 Å². The smallest absolute Gasteiger partial charge is 0.335 e. The summed E-state index contributed by atoms with van der Waals surface area (Å²) >= 11 is 0. The van der Waals surface area contributed by atoms with Crippen molar-refractivity contribution < 1.29 is 23.4 Å². The third-order valence-corrected chi connectivity index (χ3v) is 5.29. The number of ether oxygens (including phenoxy) is 1. The molecule has 0 aliphatic heterocycles. The number of halogens is 2. The van der Waals surface area contributed by atoms with E-state index < -0.39 is 17.6 Å². The largest absolute Gasteiger partial charge is 0.488 e. The van der Waals surface area contributed by atoms with Crippen LogP contribution in [0.3, 0.4) is 0 Å². The van der Waals surface area contributed by atoms with E-state index in [0.717, 1.165) is 47.6 Å². The quantitative estimate of drug-likeness (QED) is 0.520. The summed E-state index contributed by atoms with van der Waals surface area (Å²) in [5.41, 5.74) is 4.54. The van der Waals surface area contributed by atoms with E-state index in [2.05, 4.69) is 0 Å². The minimum Gasteiger partial charge on any atom is -0.488 e. The van der Waals surface area contributed by atoms with Gasteiger partial charge in [0.15, 0.2) is 0 Å². The van der Waals surface area contributed by atoms with Gasteiger partial charge in [-0.15, -0.1) is 0 Å². The highest BCUT2D eigenvalue weighted by Gasteiger charge is 2.21. The fourth-order valence-electron chi connectivity index (χ4n) is 3.84. The van der Waals surface area contributed by atoms with E-state index in [1.807, 2.05) is 30.3 Å². The summed E-state index contributed by atoms with van der Waals surface area (Å²) < 4.78 is 33.0. The van der Waals surface area contributed by atoms with Gasteiger partial charge in [-0.3, -0.25) is 0 Å². The molecule has 0 radical (unpaired) electrons. The minimum atomic E-state index is -0.956. The molecule has 0 amide bonds. The highest BCUT2D eigenvalue weighted by molar-refractivity contribution is 5.96. The molecule has 0 bridgehead atoms. The summed E-state index contributed by atoms with van der Waals surface area (Å²) in [5.74, 6) is -1.60. The SMILES string of the molecule is O=C(O)c1cccc(C2=C(c3ccccc3OCc3ccc(F)cc3F)CCC2)c1. The lowest BCUT2D eigenvalue weighted by atomic mass is 9.95. The predicted molar refractivity (Wildman–Crippen MR) is 111 cm³/mol. The van der Waals surface area contributed by atoms with Crippen LogP contribution < -0.4 is 4.74 Å². The van der Waals surface area contributed by atoms with Gasteiger partial charge in [0.25, 0.3) is 0 Å². The Hall–Kier alpha value is -3.47. The van der Waals surface area contributed by atoms with Gasteiger partial charge >= 0.3 is 5.97 Å². The van der Waals surface area contributed by atoms with Crippen LogP contribution >= 0.6 is 0 Å². The van der Waals surface area contributed by atoms with Gasteiger partial charge in [0.2, 0.25) is 0 Å². The summed E-state index contributed by atoms with van der Waals surface area (Å²) in [6.07, 6.45) is 2.65. The van der Waals surface area contributed by atoms with Crippen LogP contribution in [0.4, 0.5) is 8.78 Å². The molecule has 1 N–H and O–H groups in total. The fourth-order valence-corrected chi connectivity index (χ4v) is 3.84. The molecule has 152 valence electrons. The molecule has 3 nitrogen and oxygen atoms in total. The molecule has 0 saturated carbocycles. The van der Waals surface area contributed by atoms with Crippen molar-refractivity contribution in [2.75, 3.05) is 0 Å². The lowest BCUT2D eigenvalue weighted by Crippen LogP contribution is -2.01. The molecular formula is C25H20F2O3. The van der Waals surface area contributed by atoms with E-state index >= 15 is 0 Å². The van der Waals surface area contributed by atoms with Gasteiger partial charge in [0.05, 0.1) is 5.56 Å². The number of carbonyl (C=O) groups is 1. The Morgan fingerprint density at radius 2 is 1.73 bits per heavy atom. The molecule has 1 aliphatic carbocycles. The Morgan fingerprint density at radius 1 is 0.933 bits per heavy atom. The number of allylic oxidation sites excluding steroid dienone is 2. The summed E-state index contributed by atoms with van der Waals surface area (Å²) in [6.45, 7) is -0.0137. The molecule has 3 aromatic carbocycles. The number of hydrogen-bond donors (Lipinski definition) is 1. The molecule has 4 rings (SSSR count). The maximum absolute atomic E-state index is 14.0. The molecule has 30 heavy (non-hydrogen) atoms. The third-order valence-electron chi connectivity index (χ3n) is 5.29. The van der Waals surface area contributed by atoms with Crippen LogP contribution in [0.1, 0.15) is 46.3 Å². The summed E-state index contributed by atoms with van der Waals surface area (Å²) in [6, 6.07) is 17.9. The molecule has 0 atom stereocenters. The molecule has 1 aliphatic rings. The molecule has 0 heterocycles. The molecule has 3 aromatic rings. The second-order valence-electron chi connectivity index (χ2n) is 7.22. The van der Waals surface area contributed by atoms with Crippen LogP contribution in [-0.4, -0.2) is 11.1 Å². The molecule has 0 spiro atoms. The summed E-state index contributed by atoms with van der Waals surface area (Å²) in [4.78, 5) is 11.4. The maximum Gasteiger partial charge on any atom is 0.335 e. The monoisotopic (exact) mass is 406 g/mol. The van der Waals surface area contributed by atoms with Gasteiger partial charge in [-0.2, -0.15) is 0 Å². The van der Waals surface area contributed by atoms with Crippen molar-refractivity contribution in [1.82, 2.24) is 0 Å². The molecular weight excluding hydrogens is 386 g/mol. The second-order valence-corrected chi connectivity index (χ2v) is 7.22. The summed E-state index contributed by atoms with van der Waals surface area (Å²) in [7, 11) is 0. The third kappa shape index (κ3) is 4.10. The zero-order chi connectivity index (χ0) is 21.1. The van der Waals surface area contributed by atoms with E-state index in [4.69, 9.17) is 4.74 Å². The highest BCUT2D eigenvalue weighted by atomic mass is 19.1. The van der Waals surface area contributed by atoms with E-state index in [1.54, 1.807) is 18.2 Å². The van der Waals surface area contributed by atoms with Gasteiger partial charge in [-0.1, -0.05) is 30.3 Å². The van der Waals surface area contributed by atoms with E-state index in [1.165, 1.54) is 12.1 Å². The van der Waals surface area contributed by atoms with Crippen molar-refractivity contribution in [1.29, 1.82) is 0 Å². The number of rotatable bonds is 6. The molecule has 0 aromatic heterocycles. The zero-order valence-electron chi connectivity index (χ0n) is 16.2. The number of aromatic carboxylic acids is 1. The van der Waals surface area contributed by atoms with Crippen LogP contribution in [0.2, 0.25) is 0 Å². The normalized spacial score (nSPS) is 13.5. The topological polar surface area (TPSA) is 46.5 Å². The van der Waals surface area contributed by atoms with Crippen LogP contribution in [0.15, 0.2) is 66.7 Å². The summed E-state index contributed by atoms with van der Waals surface area (Å²) in [5, 5.41) is 9.31. The Morgan fingerprint density at radius 3 is 2.53 bits per heavy atom. The van der Waals surface area contributed by atoms with Crippen LogP contribution in [0.5, 0.6) is 5.75 Å². The van der Waals surface area contributed by atoms with Gasteiger partial charge in [0.1, 0.15) is 24.0 Å². The number of carboxylic acids is 1. The van der Waals surface area contributed by atoms with Gasteiger partial charge in [-0.05, 0) is 66.3 Å². The van der Waals surface area contributed by atoms with Crippen molar-refractivity contribution in [3.05, 3.63) is 101 Å². The molecule has 0 saturated heterocycles. The Bertz CT molecular complexity index is 1130. The zero-order valence-corrected chi connectivity index (χ0v) is 16.2. The highest BCUT2D eigenvalue weighted by Crippen LogP contribution is 2.43. The van der Waals surface area contributed by atoms with E-state index in [0.29, 0.717) is 5.75 Å². The lowest BCUT2D eigenvalue weighted by molar-refractivity contribution is 0.0697. The average Bonchev–Trinajstić information content (AvgIpc) is 3.23. The minimum absolute atomic E-state index is 0.0137. The molecule has 5 heteroatoms. The van der Waals surface area contributed by atoms with E-state index in [9.17, 15) is 18.7 Å². The second kappa shape index (κ2) is 8.49. The number of benzene rings is 3. The molecule has 0 unspecified atom stereocenters. The van der Waals surface area contributed by atoms with Crippen LogP contribution in [0.25, 0.3) is 11.1 Å². The fraction of sp³-hybridized carbons (Fsp3) is 0.160. The Balaban J connectivity index is 1.67. The standard InChI is InChI=1S/C25H20F2O3/c26-19-12-11-18(23(27)14-19)15-30-24-10-2-1-7-22(24)21-9-4-8-20(21)16-5-3-6-17(13-16)25(28)29/h1-3,5-7,10-14H,4,8-9,15H2,(H,28,29). The Kier molecular flexibility index (Phi) is 5.61. The first-order valence-corrected chi connectivity index (χ1v) is 9.75. The van der Waals surface area contributed by atoms with Crippen molar-refractivity contribution in [2.45, 2.75) is 25.9 Å². The molecule has 0 fully saturated rings. The number of carboxylic acid groups (broad SMARTS) is 1. The number of hydrogen-bond acceptors (Lipinski definition) is 2.